The van der Waals surface area contributed by atoms with E-state index in [-0.39, 0.29) is 28.4 Å². The average molecular weight is 401 g/mol. The van der Waals surface area contributed by atoms with Crippen LogP contribution in [0.5, 0.6) is 0 Å². The summed E-state index contributed by atoms with van der Waals surface area (Å²) in [6.45, 7) is 3.26. The summed E-state index contributed by atoms with van der Waals surface area (Å²) in [6.07, 6.45) is 0. The van der Waals surface area contributed by atoms with E-state index in [0.29, 0.717) is 27.7 Å². The molecule has 3 heterocycles. The van der Waals surface area contributed by atoms with Crippen molar-refractivity contribution in [2.24, 2.45) is 11.8 Å². The predicted octanol–water partition coefficient (Wildman–Crippen LogP) is 2.65. The van der Waals surface area contributed by atoms with E-state index in [2.05, 4.69) is 20.2 Å². The minimum Gasteiger partial charge on any atom is -0.476 e. The minimum atomic E-state index is -1.02. The lowest BCUT2D eigenvalue weighted by molar-refractivity contribution is 0.0691. The number of aromatic amines is 1. The third-order valence-corrected chi connectivity index (χ3v) is 6.60. The Labute approximate surface area is 156 Å². The zero-order valence-corrected chi connectivity index (χ0v) is 15.4. The van der Waals surface area contributed by atoms with Gasteiger partial charge in [0.05, 0.1) is 10.0 Å². The Kier molecular flexibility index (Phi) is 3.93. The number of H-pyrrole nitrogens is 1. The Morgan fingerprint density at radius 2 is 2.04 bits per heavy atom. The third kappa shape index (κ3) is 2.78. The van der Waals surface area contributed by atoms with E-state index < -0.39 is 5.97 Å². The van der Waals surface area contributed by atoms with Gasteiger partial charge in [-0.25, -0.2) is 9.78 Å². The SMILES string of the molecule is Cc1[nH]c(C(=O)NC2[C@H]3CN(c4nc(C(=O)O)cs4)C[C@@H]23)c(Cl)c1Cl. The monoisotopic (exact) mass is 400 g/mol. The molecule has 0 bridgehead atoms. The van der Waals surface area contributed by atoms with Gasteiger partial charge in [-0.15, -0.1) is 11.3 Å². The van der Waals surface area contributed by atoms with E-state index in [9.17, 15) is 9.59 Å². The van der Waals surface area contributed by atoms with Crippen LogP contribution in [0, 0.1) is 18.8 Å². The van der Waals surface area contributed by atoms with Crippen LogP contribution in [-0.2, 0) is 0 Å². The number of carbonyl (C=O) groups excluding carboxylic acids is 1. The number of piperidine rings is 1. The Balaban J connectivity index is 1.37. The first-order chi connectivity index (χ1) is 11.9. The van der Waals surface area contributed by atoms with Gasteiger partial charge in [-0.1, -0.05) is 23.2 Å². The lowest BCUT2D eigenvalue weighted by Crippen LogP contribution is -2.34. The molecule has 0 aromatic carbocycles. The highest BCUT2D eigenvalue weighted by Gasteiger charge is 2.57. The zero-order chi connectivity index (χ0) is 17.9. The molecule has 1 aliphatic carbocycles. The number of anilines is 1. The van der Waals surface area contributed by atoms with Crippen molar-refractivity contribution in [1.29, 1.82) is 0 Å². The highest BCUT2D eigenvalue weighted by atomic mass is 35.5. The fourth-order valence-corrected chi connectivity index (χ4v) is 4.59. The molecule has 1 saturated carbocycles. The summed E-state index contributed by atoms with van der Waals surface area (Å²) < 4.78 is 0. The van der Waals surface area contributed by atoms with Gasteiger partial charge in [0, 0.05) is 42.0 Å². The molecule has 2 fully saturated rings. The van der Waals surface area contributed by atoms with Crippen LogP contribution in [0.2, 0.25) is 10.0 Å². The molecule has 7 nitrogen and oxygen atoms in total. The van der Waals surface area contributed by atoms with Crippen LogP contribution in [0.3, 0.4) is 0 Å². The number of amides is 1. The van der Waals surface area contributed by atoms with E-state index in [1.54, 1.807) is 12.3 Å². The molecule has 10 heteroatoms. The number of nitrogens with zero attached hydrogens (tertiary/aromatic N) is 2. The third-order valence-electron chi connectivity index (χ3n) is 4.75. The van der Waals surface area contributed by atoms with Crippen molar-refractivity contribution in [2.45, 2.75) is 13.0 Å². The van der Waals surface area contributed by atoms with Crippen molar-refractivity contribution < 1.29 is 14.7 Å². The van der Waals surface area contributed by atoms with Crippen LogP contribution < -0.4 is 10.2 Å². The van der Waals surface area contributed by atoms with Crippen LogP contribution in [-0.4, -0.2) is 46.1 Å². The molecule has 3 N–H and O–H groups in total. The van der Waals surface area contributed by atoms with Gasteiger partial charge in [0.2, 0.25) is 0 Å². The average Bonchev–Trinajstić information content (AvgIpc) is 3.02. The normalized spacial score (nSPS) is 24.3. The minimum absolute atomic E-state index is 0.0686. The van der Waals surface area contributed by atoms with Gasteiger partial charge in [-0.2, -0.15) is 0 Å². The van der Waals surface area contributed by atoms with Gasteiger partial charge in [0.1, 0.15) is 5.69 Å². The van der Waals surface area contributed by atoms with Crippen LogP contribution in [0.15, 0.2) is 5.38 Å². The summed E-state index contributed by atoms with van der Waals surface area (Å²) in [5, 5.41) is 14.8. The Morgan fingerprint density at radius 3 is 2.56 bits per heavy atom. The first-order valence-electron chi connectivity index (χ1n) is 7.65. The van der Waals surface area contributed by atoms with Gasteiger partial charge in [-0.3, -0.25) is 4.79 Å². The number of carbonyl (C=O) groups is 2. The van der Waals surface area contributed by atoms with E-state index in [0.717, 1.165) is 13.1 Å². The van der Waals surface area contributed by atoms with E-state index in [4.69, 9.17) is 28.3 Å². The van der Waals surface area contributed by atoms with E-state index in [1.807, 2.05) is 0 Å². The molecule has 25 heavy (non-hydrogen) atoms. The second-order valence-electron chi connectivity index (χ2n) is 6.31. The number of nitrogens with one attached hydrogen (secondary N) is 2. The van der Waals surface area contributed by atoms with E-state index >= 15 is 0 Å². The maximum atomic E-state index is 12.4. The van der Waals surface area contributed by atoms with Crippen molar-refractivity contribution in [2.75, 3.05) is 18.0 Å². The summed E-state index contributed by atoms with van der Waals surface area (Å²) in [5.41, 5.74) is 1.02. The second kappa shape index (κ2) is 5.89. The fourth-order valence-electron chi connectivity index (χ4n) is 3.36. The number of fused-ring (bicyclic) bond motifs is 1. The first-order valence-corrected chi connectivity index (χ1v) is 9.28. The molecular formula is C15H14Cl2N4O3S. The fraction of sp³-hybridized carbons (Fsp3) is 0.400. The van der Waals surface area contributed by atoms with Gasteiger partial charge in [0.15, 0.2) is 10.8 Å². The molecule has 1 aliphatic heterocycles. The maximum absolute atomic E-state index is 12.4. The molecule has 1 amide bonds. The molecule has 4 rings (SSSR count). The molecule has 1 unspecified atom stereocenters. The molecule has 132 valence electrons. The molecular weight excluding hydrogens is 387 g/mol. The standard InChI is InChI=1S/C15H14Cl2N4O3S/c1-5-9(16)10(17)12(18-5)13(22)20-11-6-2-21(3-7(6)11)15-19-8(4-25-15)14(23)24/h4,6-7,11,18H,2-3H2,1H3,(H,20,22)(H,23,24)/t6-,7+,11?. The van der Waals surface area contributed by atoms with E-state index in [1.165, 1.54) is 11.3 Å². The number of carboxylic acid groups (broad SMARTS) is 1. The lowest BCUT2D eigenvalue weighted by atomic mass is 10.3. The quantitative estimate of drug-likeness (QED) is 0.732. The molecule has 0 radical (unpaired) electrons. The number of aromatic carboxylic acids is 1. The molecule has 3 atom stereocenters. The van der Waals surface area contributed by atoms with Crippen LogP contribution >= 0.6 is 34.5 Å². The van der Waals surface area contributed by atoms with Crippen molar-refractivity contribution in [3.05, 3.63) is 32.5 Å². The number of carboxylic acids is 1. The first kappa shape index (κ1) is 16.7. The van der Waals surface area contributed by atoms with Gasteiger partial charge in [-0.05, 0) is 6.92 Å². The van der Waals surface area contributed by atoms with Crippen molar-refractivity contribution in [3.63, 3.8) is 0 Å². The summed E-state index contributed by atoms with van der Waals surface area (Å²) in [4.78, 5) is 32.4. The predicted molar refractivity (Wildman–Crippen MR) is 95.1 cm³/mol. The number of aromatic nitrogens is 2. The number of thiazole rings is 1. The summed E-state index contributed by atoms with van der Waals surface area (Å²) in [6, 6.07) is 0.0982. The van der Waals surface area contributed by atoms with Crippen LogP contribution in [0.25, 0.3) is 0 Å². The topological polar surface area (TPSA) is 98.3 Å². The van der Waals surface area contributed by atoms with Gasteiger partial charge < -0.3 is 20.3 Å². The largest absolute Gasteiger partial charge is 0.476 e. The second-order valence-corrected chi connectivity index (χ2v) is 7.90. The van der Waals surface area contributed by atoms with Gasteiger partial charge >= 0.3 is 5.97 Å². The number of halogens is 2. The van der Waals surface area contributed by atoms with Crippen molar-refractivity contribution in [3.8, 4) is 0 Å². The molecule has 2 aliphatic rings. The number of rotatable bonds is 4. The Hall–Kier alpha value is -1.77. The number of hydrogen-bond acceptors (Lipinski definition) is 5. The molecule has 1 saturated heterocycles. The highest BCUT2D eigenvalue weighted by molar-refractivity contribution is 7.13. The number of aryl methyl sites for hydroxylation is 1. The molecule has 0 spiro atoms. The van der Waals surface area contributed by atoms with Crippen LogP contribution in [0.1, 0.15) is 26.7 Å². The Morgan fingerprint density at radius 1 is 1.36 bits per heavy atom. The summed E-state index contributed by atoms with van der Waals surface area (Å²) in [7, 11) is 0. The maximum Gasteiger partial charge on any atom is 0.355 e. The summed E-state index contributed by atoms with van der Waals surface area (Å²) >= 11 is 13.4. The smallest absolute Gasteiger partial charge is 0.355 e. The van der Waals surface area contributed by atoms with Crippen LogP contribution in [0.4, 0.5) is 5.13 Å². The number of hydrogen-bond donors (Lipinski definition) is 3. The highest BCUT2D eigenvalue weighted by Crippen LogP contribution is 2.47. The van der Waals surface area contributed by atoms with Crippen molar-refractivity contribution >= 4 is 51.5 Å². The molecule has 2 aromatic rings. The van der Waals surface area contributed by atoms with Gasteiger partial charge in [0.25, 0.3) is 5.91 Å². The van der Waals surface area contributed by atoms with Crippen molar-refractivity contribution in [1.82, 2.24) is 15.3 Å². The lowest BCUT2D eigenvalue weighted by Gasteiger charge is -2.19. The Bertz CT molecular complexity index is 868. The summed E-state index contributed by atoms with van der Waals surface area (Å²) in [5.74, 6) is -0.597. The molecule has 2 aromatic heterocycles. The zero-order valence-electron chi connectivity index (χ0n) is 13.0.